The number of nitrogens with two attached hydrogens (primary N) is 1. The molecule has 18 heavy (non-hydrogen) atoms. The van der Waals surface area contributed by atoms with E-state index in [4.69, 9.17) is 10.5 Å². The molecule has 0 aliphatic carbocycles. The van der Waals surface area contributed by atoms with E-state index in [0.29, 0.717) is 11.4 Å². The third-order valence-corrected chi connectivity index (χ3v) is 2.30. The maximum Gasteiger partial charge on any atom is 0.416 e. The van der Waals surface area contributed by atoms with E-state index in [1.807, 2.05) is 0 Å². The number of rotatable bonds is 3. The minimum absolute atomic E-state index is 0.0349. The van der Waals surface area contributed by atoms with Gasteiger partial charge in [-0.2, -0.15) is 18.3 Å². The molecule has 2 aromatic rings. The molecule has 0 bridgehead atoms. The summed E-state index contributed by atoms with van der Waals surface area (Å²) in [6.07, 6.45) is -2.97. The zero-order valence-electron chi connectivity index (χ0n) is 9.16. The number of hydrogen-bond acceptors (Lipinski definition) is 3. The molecule has 0 amide bonds. The highest BCUT2D eigenvalue weighted by Crippen LogP contribution is 2.31. The van der Waals surface area contributed by atoms with E-state index >= 15 is 0 Å². The number of halogens is 3. The molecule has 3 N–H and O–H groups in total. The largest absolute Gasteiger partial charge is 0.487 e. The maximum absolute atomic E-state index is 12.5. The van der Waals surface area contributed by atoms with Crippen LogP contribution in [0, 0.1) is 0 Å². The van der Waals surface area contributed by atoms with E-state index in [1.54, 1.807) is 0 Å². The molecule has 0 spiro atoms. The van der Waals surface area contributed by atoms with Gasteiger partial charge in [0.15, 0.2) is 0 Å². The molecule has 0 fully saturated rings. The summed E-state index contributed by atoms with van der Waals surface area (Å²) in [4.78, 5) is 0. The van der Waals surface area contributed by atoms with Crippen LogP contribution in [0.3, 0.4) is 0 Å². The predicted molar refractivity (Wildman–Crippen MR) is 58.8 cm³/mol. The molecule has 0 atom stereocenters. The fourth-order valence-electron chi connectivity index (χ4n) is 1.36. The lowest BCUT2D eigenvalue weighted by Crippen LogP contribution is -2.05. The van der Waals surface area contributed by atoms with Crippen LogP contribution in [0.15, 0.2) is 30.5 Å². The van der Waals surface area contributed by atoms with Crippen molar-refractivity contribution in [3.8, 4) is 5.75 Å². The molecule has 1 aromatic carbocycles. The third-order valence-electron chi connectivity index (χ3n) is 2.30. The number of alkyl halides is 3. The third kappa shape index (κ3) is 2.73. The van der Waals surface area contributed by atoms with Crippen molar-refractivity contribution in [3.05, 3.63) is 41.7 Å². The number of aromatic nitrogens is 2. The monoisotopic (exact) mass is 257 g/mol. The van der Waals surface area contributed by atoms with Crippen molar-refractivity contribution in [2.75, 3.05) is 5.73 Å². The zero-order chi connectivity index (χ0) is 13.2. The fourth-order valence-corrected chi connectivity index (χ4v) is 1.36. The molecule has 96 valence electrons. The first-order chi connectivity index (χ1) is 8.47. The van der Waals surface area contributed by atoms with Crippen LogP contribution >= 0.6 is 0 Å². The number of nitrogens with zero attached hydrogens (tertiary/aromatic N) is 1. The maximum atomic E-state index is 12.5. The Balaban J connectivity index is 2.09. The van der Waals surface area contributed by atoms with Gasteiger partial charge >= 0.3 is 6.18 Å². The second-order valence-electron chi connectivity index (χ2n) is 3.62. The van der Waals surface area contributed by atoms with Crippen molar-refractivity contribution >= 4 is 5.69 Å². The summed E-state index contributed by atoms with van der Waals surface area (Å²) in [5.74, 6) is 0.124. The summed E-state index contributed by atoms with van der Waals surface area (Å²) in [5, 5.41) is 6.28. The summed E-state index contributed by atoms with van der Waals surface area (Å²) >= 11 is 0. The van der Waals surface area contributed by atoms with Crippen LogP contribution < -0.4 is 10.5 Å². The lowest BCUT2D eigenvalue weighted by molar-refractivity contribution is -0.137. The molecule has 4 nitrogen and oxygen atoms in total. The van der Waals surface area contributed by atoms with Gasteiger partial charge in [0, 0.05) is 0 Å². The normalized spacial score (nSPS) is 11.5. The molecular weight excluding hydrogens is 247 g/mol. The van der Waals surface area contributed by atoms with Crippen LogP contribution in [-0.4, -0.2) is 10.2 Å². The summed E-state index contributed by atoms with van der Waals surface area (Å²) in [7, 11) is 0. The minimum atomic E-state index is -4.38. The van der Waals surface area contributed by atoms with Gasteiger partial charge in [-0.3, -0.25) is 5.10 Å². The predicted octanol–water partition coefficient (Wildman–Crippen LogP) is 2.59. The van der Waals surface area contributed by atoms with Crippen molar-refractivity contribution in [2.24, 2.45) is 0 Å². The Morgan fingerprint density at radius 3 is 2.72 bits per heavy atom. The van der Waals surface area contributed by atoms with Gasteiger partial charge in [0.2, 0.25) is 0 Å². The van der Waals surface area contributed by atoms with Crippen LogP contribution in [0.5, 0.6) is 5.75 Å². The average molecular weight is 257 g/mol. The van der Waals surface area contributed by atoms with Crippen LogP contribution in [0.4, 0.5) is 18.9 Å². The SMILES string of the molecule is Nc1cn[nH]c1COc1cccc(C(F)(F)F)c1. The fraction of sp³-hybridized carbons (Fsp3) is 0.182. The lowest BCUT2D eigenvalue weighted by atomic mass is 10.2. The Kier molecular flexibility index (Phi) is 3.14. The highest BCUT2D eigenvalue weighted by Gasteiger charge is 2.30. The molecule has 7 heteroatoms. The molecule has 0 radical (unpaired) electrons. The number of nitrogen functional groups attached to an aromatic ring is 1. The van der Waals surface area contributed by atoms with E-state index in [1.165, 1.54) is 18.3 Å². The number of anilines is 1. The van der Waals surface area contributed by atoms with Crippen molar-refractivity contribution in [3.63, 3.8) is 0 Å². The first kappa shape index (κ1) is 12.3. The highest BCUT2D eigenvalue weighted by atomic mass is 19.4. The Morgan fingerprint density at radius 1 is 1.33 bits per heavy atom. The van der Waals surface area contributed by atoms with Crippen molar-refractivity contribution in [1.82, 2.24) is 10.2 Å². The Hall–Kier alpha value is -2.18. The van der Waals surface area contributed by atoms with Crippen LogP contribution in [0.25, 0.3) is 0 Å². The van der Waals surface area contributed by atoms with Gasteiger partial charge < -0.3 is 10.5 Å². The van der Waals surface area contributed by atoms with Crippen molar-refractivity contribution < 1.29 is 17.9 Å². The number of ether oxygens (including phenoxy) is 1. The molecule has 0 saturated carbocycles. The van der Waals surface area contributed by atoms with Crippen molar-refractivity contribution in [2.45, 2.75) is 12.8 Å². The first-order valence-corrected chi connectivity index (χ1v) is 5.04. The van der Waals surface area contributed by atoms with Gasteiger partial charge in [0.1, 0.15) is 12.4 Å². The quantitative estimate of drug-likeness (QED) is 0.888. The van der Waals surface area contributed by atoms with Gasteiger partial charge in [-0.1, -0.05) is 6.07 Å². The molecular formula is C11H10F3N3O. The summed E-state index contributed by atoms with van der Waals surface area (Å²) < 4.78 is 42.6. The standard InChI is InChI=1S/C11H10F3N3O/c12-11(13,14)7-2-1-3-8(4-7)18-6-10-9(15)5-16-17-10/h1-5H,6,15H2,(H,16,17). The van der Waals surface area contributed by atoms with Gasteiger partial charge in [-0.15, -0.1) is 0 Å². The minimum Gasteiger partial charge on any atom is -0.487 e. The Labute approximate surface area is 101 Å². The molecule has 2 rings (SSSR count). The summed E-state index contributed by atoms with van der Waals surface area (Å²) in [6, 6.07) is 4.65. The number of aromatic amines is 1. The molecule has 1 aromatic heterocycles. The van der Waals surface area contributed by atoms with Gasteiger partial charge in [-0.25, -0.2) is 0 Å². The highest BCUT2D eigenvalue weighted by molar-refractivity contribution is 5.40. The van der Waals surface area contributed by atoms with Crippen LogP contribution in [0.2, 0.25) is 0 Å². The number of benzene rings is 1. The second kappa shape index (κ2) is 4.59. The summed E-state index contributed by atoms with van der Waals surface area (Å²) in [5.41, 5.74) is 5.72. The number of nitrogens with one attached hydrogen (secondary N) is 1. The van der Waals surface area contributed by atoms with E-state index in [2.05, 4.69) is 10.2 Å². The van der Waals surface area contributed by atoms with Gasteiger partial charge in [0.25, 0.3) is 0 Å². The number of H-pyrrole nitrogens is 1. The molecule has 0 aliphatic rings. The van der Waals surface area contributed by atoms with Crippen LogP contribution in [0.1, 0.15) is 11.3 Å². The molecule has 1 heterocycles. The van der Waals surface area contributed by atoms with E-state index < -0.39 is 11.7 Å². The molecule has 0 unspecified atom stereocenters. The smallest absolute Gasteiger partial charge is 0.416 e. The molecule has 0 saturated heterocycles. The summed E-state index contributed by atoms with van der Waals surface area (Å²) in [6.45, 7) is 0.0349. The van der Waals surface area contributed by atoms with Gasteiger partial charge in [0.05, 0.1) is 23.1 Å². The first-order valence-electron chi connectivity index (χ1n) is 5.04. The topological polar surface area (TPSA) is 63.9 Å². The Morgan fingerprint density at radius 2 is 2.11 bits per heavy atom. The van der Waals surface area contributed by atoms with Crippen molar-refractivity contribution in [1.29, 1.82) is 0 Å². The molecule has 0 aliphatic heterocycles. The number of hydrogen-bond donors (Lipinski definition) is 2. The van der Waals surface area contributed by atoms with Crippen LogP contribution in [-0.2, 0) is 12.8 Å². The second-order valence-corrected chi connectivity index (χ2v) is 3.62. The zero-order valence-corrected chi connectivity index (χ0v) is 9.16. The average Bonchev–Trinajstić information content (AvgIpc) is 2.72. The lowest BCUT2D eigenvalue weighted by Gasteiger charge is -2.09. The van der Waals surface area contributed by atoms with Gasteiger partial charge in [-0.05, 0) is 18.2 Å². The van der Waals surface area contributed by atoms with E-state index in [9.17, 15) is 13.2 Å². The van der Waals surface area contributed by atoms with E-state index in [0.717, 1.165) is 12.1 Å². The Bertz CT molecular complexity index is 536. The van der Waals surface area contributed by atoms with E-state index in [-0.39, 0.29) is 12.4 Å².